The number of fused-ring (bicyclic) bond motifs is 1. The molecule has 3 aromatic carbocycles. The quantitative estimate of drug-likeness (QED) is 0.699. The molecule has 0 aliphatic rings. The molecule has 0 bridgehead atoms. The number of carbonyl (C=O) groups excluding carboxylic acids is 1. The third-order valence-electron chi connectivity index (χ3n) is 3.46. The molecule has 0 fully saturated rings. The molecular formula is C19H17NO2S. The van der Waals surface area contributed by atoms with Crippen LogP contribution in [0.2, 0.25) is 0 Å². The van der Waals surface area contributed by atoms with Crippen LogP contribution in [-0.4, -0.2) is 18.8 Å². The molecule has 0 unspecified atom stereocenters. The van der Waals surface area contributed by atoms with Gasteiger partial charge in [-0.25, -0.2) is 0 Å². The van der Waals surface area contributed by atoms with E-state index in [1.54, 1.807) is 11.8 Å². The number of hydrogen-bond donors (Lipinski definition) is 1. The molecule has 0 spiro atoms. The molecule has 0 heterocycles. The highest BCUT2D eigenvalue weighted by atomic mass is 32.2. The summed E-state index contributed by atoms with van der Waals surface area (Å²) < 4.78 is 5.58. The second kappa shape index (κ2) is 7.20. The molecule has 3 rings (SSSR count). The molecule has 116 valence electrons. The Morgan fingerprint density at radius 3 is 2.48 bits per heavy atom. The van der Waals surface area contributed by atoms with Gasteiger partial charge in [0.1, 0.15) is 5.75 Å². The van der Waals surface area contributed by atoms with Crippen molar-refractivity contribution in [2.24, 2.45) is 0 Å². The first kappa shape index (κ1) is 15.4. The maximum Gasteiger partial charge on any atom is 0.262 e. The van der Waals surface area contributed by atoms with Crippen molar-refractivity contribution in [3.63, 3.8) is 0 Å². The van der Waals surface area contributed by atoms with E-state index in [0.29, 0.717) is 5.75 Å². The summed E-state index contributed by atoms with van der Waals surface area (Å²) in [6.45, 7) is -0.0113. The van der Waals surface area contributed by atoms with Gasteiger partial charge in [-0.05, 0) is 53.4 Å². The summed E-state index contributed by atoms with van der Waals surface area (Å²) in [5, 5.41) is 5.07. The lowest BCUT2D eigenvalue weighted by atomic mass is 10.1. The monoisotopic (exact) mass is 323 g/mol. The number of amides is 1. The number of benzene rings is 3. The zero-order valence-corrected chi connectivity index (χ0v) is 13.6. The van der Waals surface area contributed by atoms with Gasteiger partial charge >= 0.3 is 0 Å². The Morgan fingerprint density at radius 2 is 1.74 bits per heavy atom. The van der Waals surface area contributed by atoms with Crippen LogP contribution in [0.4, 0.5) is 5.69 Å². The lowest BCUT2D eigenvalue weighted by molar-refractivity contribution is -0.118. The van der Waals surface area contributed by atoms with Crippen molar-refractivity contribution in [1.82, 2.24) is 0 Å². The third kappa shape index (κ3) is 4.05. The van der Waals surface area contributed by atoms with Crippen LogP contribution < -0.4 is 10.1 Å². The summed E-state index contributed by atoms with van der Waals surface area (Å²) in [6.07, 6.45) is 2.02. The number of anilines is 1. The standard InChI is InChI=1S/C19H17NO2S/c1-23-18-10-7-16(8-11-18)20-19(21)13-22-17-9-6-14-4-2-3-5-15(14)12-17/h2-12H,13H2,1H3,(H,20,21). The van der Waals surface area contributed by atoms with Crippen LogP contribution >= 0.6 is 11.8 Å². The van der Waals surface area contributed by atoms with Gasteiger partial charge in [0.2, 0.25) is 0 Å². The highest BCUT2D eigenvalue weighted by Gasteiger charge is 2.04. The van der Waals surface area contributed by atoms with Crippen LogP contribution in [0.3, 0.4) is 0 Å². The van der Waals surface area contributed by atoms with Gasteiger partial charge < -0.3 is 10.1 Å². The van der Waals surface area contributed by atoms with Crippen molar-refractivity contribution < 1.29 is 9.53 Å². The Hall–Kier alpha value is -2.46. The van der Waals surface area contributed by atoms with Crippen molar-refractivity contribution in [1.29, 1.82) is 0 Å². The highest BCUT2D eigenvalue weighted by Crippen LogP contribution is 2.21. The van der Waals surface area contributed by atoms with E-state index in [-0.39, 0.29) is 12.5 Å². The van der Waals surface area contributed by atoms with E-state index in [2.05, 4.69) is 5.32 Å². The van der Waals surface area contributed by atoms with Crippen LogP contribution in [0.1, 0.15) is 0 Å². The number of hydrogen-bond acceptors (Lipinski definition) is 3. The van der Waals surface area contributed by atoms with Crippen LogP contribution in [0.15, 0.2) is 71.6 Å². The fourth-order valence-electron chi connectivity index (χ4n) is 2.28. The van der Waals surface area contributed by atoms with Gasteiger partial charge in [0.25, 0.3) is 5.91 Å². The smallest absolute Gasteiger partial charge is 0.262 e. The van der Waals surface area contributed by atoms with Crippen molar-refractivity contribution in [3.8, 4) is 5.75 Å². The maximum atomic E-state index is 12.0. The Kier molecular flexibility index (Phi) is 4.83. The average Bonchev–Trinajstić information content (AvgIpc) is 2.60. The maximum absolute atomic E-state index is 12.0. The minimum Gasteiger partial charge on any atom is -0.484 e. The number of thioether (sulfide) groups is 1. The molecule has 0 atom stereocenters. The van der Waals surface area contributed by atoms with Crippen molar-refractivity contribution in [3.05, 3.63) is 66.7 Å². The molecule has 0 aromatic heterocycles. The molecule has 1 amide bonds. The van der Waals surface area contributed by atoms with E-state index in [1.807, 2.05) is 73.0 Å². The Balaban J connectivity index is 1.58. The lowest BCUT2D eigenvalue weighted by Gasteiger charge is -2.08. The van der Waals surface area contributed by atoms with Gasteiger partial charge in [-0.1, -0.05) is 30.3 Å². The van der Waals surface area contributed by atoms with Crippen LogP contribution in [-0.2, 0) is 4.79 Å². The van der Waals surface area contributed by atoms with E-state index >= 15 is 0 Å². The molecule has 23 heavy (non-hydrogen) atoms. The normalized spacial score (nSPS) is 10.5. The van der Waals surface area contributed by atoms with Crippen LogP contribution in [0.25, 0.3) is 10.8 Å². The summed E-state index contributed by atoms with van der Waals surface area (Å²) >= 11 is 1.67. The van der Waals surface area contributed by atoms with Gasteiger partial charge in [0, 0.05) is 10.6 Å². The topological polar surface area (TPSA) is 38.3 Å². The predicted molar refractivity (Wildman–Crippen MR) is 96.3 cm³/mol. The summed E-state index contributed by atoms with van der Waals surface area (Å²) in [5.74, 6) is 0.520. The zero-order valence-electron chi connectivity index (χ0n) is 12.8. The molecule has 0 aliphatic carbocycles. The molecule has 3 aromatic rings. The Bertz CT molecular complexity index is 815. The molecule has 0 aliphatic heterocycles. The summed E-state index contributed by atoms with van der Waals surface area (Å²) in [4.78, 5) is 13.1. The molecule has 0 saturated carbocycles. The minimum atomic E-state index is -0.171. The second-order valence-corrected chi connectivity index (χ2v) is 5.95. The SMILES string of the molecule is CSc1ccc(NC(=O)COc2ccc3ccccc3c2)cc1. The fraction of sp³-hybridized carbons (Fsp3) is 0.105. The summed E-state index contributed by atoms with van der Waals surface area (Å²) in [5.41, 5.74) is 0.773. The summed E-state index contributed by atoms with van der Waals surface area (Å²) in [7, 11) is 0. The Morgan fingerprint density at radius 1 is 1.00 bits per heavy atom. The number of carbonyl (C=O) groups is 1. The van der Waals surface area contributed by atoms with E-state index in [9.17, 15) is 4.79 Å². The third-order valence-corrected chi connectivity index (χ3v) is 4.21. The number of nitrogens with one attached hydrogen (secondary N) is 1. The van der Waals surface area contributed by atoms with Gasteiger partial charge in [-0.15, -0.1) is 11.8 Å². The molecule has 4 heteroatoms. The van der Waals surface area contributed by atoms with Crippen LogP contribution in [0.5, 0.6) is 5.75 Å². The number of rotatable bonds is 5. The molecule has 0 saturated heterocycles. The first-order chi connectivity index (χ1) is 11.2. The van der Waals surface area contributed by atoms with Crippen molar-refractivity contribution >= 4 is 34.1 Å². The van der Waals surface area contributed by atoms with Gasteiger partial charge in [-0.2, -0.15) is 0 Å². The van der Waals surface area contributed by atoms with Crippen molar-refractivity contribution in [2.75, 3.05) is 18.2 Å². The molecular weight excluding hydrogens is 306 g/mol. The first-order valence-corrected chi connectivity index (χ1v) is 8.52. The fourth-order valence-corrected chi connectivity index (χ4v) is 2.69. The Labute approximate surface area is 139 Å². The van der Waals surface area contributed by atoms with E-state index < -0.39 is 0 Å². The van der Waals surface area contributed by atoms with E-state index in [0.717, 1.165) is 21.4 Å². The average molecular weight is 323 g/mol. The molecule has 3 nitrogen and oxygen atoms in total. The largest absolute Gasteiger partial charge is 0.484 e. The summed E-state index contributed by atoms with van der Waals surface area (Å²) in [6, 6.07) is 21.6. The van der Waals surface area contributed by atoms with Gasteiger partial charge in [0.05, 0.1) is 0 Å². The predicted octanol–water partition coefficient (Wildman–Crippen LogP) is 4.58. The van der Waals surface area contributed by atoms with E-state index in [4.69, 9.17) is 4.74 Å². The van der Waals surface area contributed by atoms with Crippen molar-refractivity contribution in [2.45, 2.75) is 4.90 Å². The zero-order chi connectivity index (χ0) is 16.1. The van der Waals surface area contributed by atoms with Gasteiger partial charge in [-0.3, -0.25) is 4.79 Å². The second-order valence-electron chi connectivity index (χ2n) is 5.07. The number of ether oxygens (including phenoxy) is 1. The highest BCUT2D eigenvalue weighted by molar-refractivity contribution is 7.98. The van der Waals surface area contributed by atoms with Gasteiger partial charge in [0.15, 0.2) is 6.61 Å². The van der Waals surface area contributed by atoms with E-state index in [1.165, 1.54) is 0 Å². The lowest BCUT2D eigenvalue weighted by Crippen LogP contribution is -2.20. The molecule has 1 N–H and O–H groups in total. The first-order valence-electron chi connectivity index (χ1n) is 7.30. The minimum absolute atomic E-state index is 0.0113. The van der Waals surface area contributed by atoms with Crippen LogP contribution in [0, 0.1) is 0 Å². The molecule has 0 radical (unpaired) electrons.